The summed E-state index contributed by atoms with van der Waals surface area (Å²) in [5.41, 5.74) is 0.464. The third-order valence-corrected chi connectivity index (χ3v) is 3.46. The largest absolute Gasteiger partial charge is 0.325 e. The van der Waals surface area contributed by atoms with Crippen LogP contribution in [0.2, 0.25) is 0 Å². The predicted molar refractivity (Wildman–Crippen MR) is 66.7 cm³/mol. The highest BCUT2D eigenvalue weighted by atomic mass is 127. The van der Waals surface area contributed by atoms with Gasteiger partial charge in [-0.15, -0.1) is 0 Å². The van der Waals surface area contributed by atoms with Crippen molar-refractivity contribution in [2.45, 2.75) is 19.3 Å². The highest BCUT2D eigenvalue weighted by molar-refractivity contribution is 14.1. The second-order valence-electron chi connectivity index (χ2n) is 3.13. The Balaban J connectivity index is 3.03. The quantitative estimate of drug-likeness (QED) is 0.644. The zero-order chi connectivity index (χ0) is 11.3. The number of aromatic amines is 1. The molecule has 5 heteroatoms. The van der Waals surface area contributed by atoms with Crippen molar-refractivity contribution in [3.63, 3.8) is 0 Å². The fourth-order valence-electron chi connectivity index (χ4n) is 1.33. The topological polar surface area (TPSA) is 73.8 Å². The maximum atomic E-state index is 11.6. The van der Waals surface area contributed by atoms with Crippen LogP contribution in [0.15, 0.2) is 23.0 Å². The van der Waals surface area contributed by atoms with E-state index in [0.717, 1.165) is 0 Å². The maximum absolute atomic E-state index is 11.6. The summed E-state index contributed by atoms with van der Waals surface area (Å²) in [4.78, 5) is 25.4. The average molecular weight is 320 g/mol. The lowest BCUT2D eigenvalue weighted by atomic mass is 10.0. The number of carbonyl (C=O) groups is 1. The number of carbonyl (C=O) groups excluding carboxylic acids is 1. The summed E-state index contributed by atoms with van der Waals surface area (Å²) in [6.07, 6.45) is 0.450. The molecule has 4 nitrogen and oxygen atoms in total. The first-order valence-electron chi connectivity index (χ1n) is 4.65. The van der Waals surface area contributed by atoms with Crippen LogP contribution in [0.4, 0.5) is 0 Å². The molecule has 82 valence electrons. The third kappa shape index (κ3) is 3.33. The van der Waals surface area contributed by atoms with Crippen LogP contribution in [0.3, 0.4) is 0 Å². The number of aromatic nitrogens is 1. The Hall–Kier alpha value is -0.850. The number of nitrogens with one attached hydrogen (secondary N) is 2. The van der Waals surface area contributed by atoms with Gasteiger partial charge in [-0.2, -0.15) is 0 Å². The van der Waals surface area contributed by atoms with Crippen molar-refractivity contribution in [3.8, 4) is 0 Å². The molecule has 0 aliphatic heterocycles. The van der Waals surface area contributed by atoms with Gasteiger partial charge in [0.25, 0.3) is 0 Å². The van der Waals surface area contributed by atoms with Crippen LogP contribution >= 0.6 is 21.0 Å². The molecule has 0 fully saturated rings. The first kappa shape index (κ1) is 12.2. The first-order valence-corrected chi connectivity index (χ1v) is 7.26. The lowest BCUT2D eigenvalue weighted by Gasteiger charge is -2.11. The normalized spacial score (nSPS) is 12.3. The lowest BCUT2D eigenvalue weighted by Crippen LogP contribution is -2.18. The number of ketones is 1. The Morgan fingerprint density at radius 1 is 1.60 bits per heavy atom. The molecule has 0 saturated heterocycles. The Morgan fingerprint density at radius 2 is 2.33 bits per heavy atom. The van der Waals surface area contributed by atoms with Gasteiger partial charge in [-0.3, -0.25) is 13.2 Å². The molecule has 0 amide bonds. The average Bonchev–Trinajstić information content (AvgIpc) is 2.25. The van der Waals surface area contributed by atoms with Crippen LogP contribution in [0.25, 0.3) is 0 Å². The summed E-state index contributed by atoms with van der Waals surface area (Å²) < 4.78 is 7.85. The summed E-state index contributed by atoms with van der Waals surface area (Å²) in [5.74, 6) is -0.182. The van der Waals surface area contributed by atoms with Crippen molar-refractivity contribution in [3.05, 3.63) is 34.2 Å². The molecule has 1 rings (SSSR count). The molecule has 0 bridgehead atoms. The molecule has 0 saturated carbocycles. The van der Waals surface area contributed by atoms with E-state index >= 15 is 0 Å². The van der Waals surface area contributed by atoms with Crippen LogP contribution in [0.1, 0.15) is 25.0 Å². The van der Waals surface area contributed by atoms with E-state index in [1.807, 2.05) is 0 Å². The summed E-state index contributed by atoms with van der Waals surface area (Å²) in [6, 6.07) is 4.82. The number of rotatable bonds is 5. The van der Waals surface area contributed by atoms with E-state index in [1.54, 1.807) is 19.1 Å². The third-order valence-electron chi connectivity index (χ3n) is 2.13. The minimum atomic E-state index is -0.701. The molecule has 1 aromatic heterocycles. The molecule has 0 aliphatic rings. The second kappa shape index (κ2) is 5.89. The van der Waals surface area contributed by atoms with Crippen molar-refractivity contribution >= 4 is 26.8 Å². The van der Waals surface area contributed by atoms with Crippen molar-refractivity contribution in [1.29, 1.82) is 3.56 Å². The second-order valence-corrected chi connectivity index (χ2v) is 4.77. The summed E-state index contributed by atoms with van der Waals surface area (Å²) in [5, 5.41) is 0. The number of Topliss-reactive ketones (excluding diaryl/α,β-unsaturated/α-hetero) is 1. The van der Waals surface area contributed by atoms with Gasteiger partial charge in [-0.25, -0.2) is 0 Å². The van der Waals surface area contributed by atoms with Crippen molar-refractivity contribution in [1.82, 2.24) is 4.98 Å². The maximum Gasteiger partial charge on any atom is 0.248 e. The number of halogens is 1. The summed E-state index contributed by atoms with van der Waals surface area (Å²) >= 11 is -0.701. The Labute approximate surface area is 98.0 Å². The first-order chi connectivity index (χ1) is 7.19. The van der Waals surface area contributed by atoms with Gasteiger partial charge in [0.15, 0.2) is 0 Å². The number of pyridine rings is 1. The standard InChI is InChI=1S/C10H13IN2O2/c1-2-9(14)7(6-11-12)8-4-3-5-10(15)13-8/h3-5,7,12H,2,6H2,1H3,(H,13,15). The number of H-pyrrole nitrogens is 1. The minimum absolute atomic E-state index is 0.101. The van der Waals surface area contributed by atoms with Gasteiger partial charge in [-0.05, 0) is 27.1 Å². The van der Waals surface area contributed by atoms with Gasteiger partial charge in [-0.1, -0.05) is 13.0 Å². The molecule has 0 aliphatic carbocycles. The summed E-state index contributed by atoms with van der Waals surface area (Å²) in [6.45, 7) is 1.80. The smallest absolute Gasteiger partial charge is 0.248 e. The lowest BCUT2D eigenvalue weighted by molar-refractivity contribution is -0.119. The Morgan fingerprint density at radius 3 is 2.87 bits per heavy atom. The number of hydrogen-bond acceptors (Lipinski definition) is 3. The molecule has 1 heterocycles. The predicted octanol–water partition coefficient (Wildman–Crippen LogP) is 2.17. The van der Waals surface area contributed by atoms with Gasteiger partial charge in [0, 0.05) is 22.6 Å². The van der Waals surface area contributed by atoms with Crippen molar-refractivity contribution in [2.24, 2.45) is 0 Å². The highest BCUT2D eigenvalue weighted by Crippen LogP contribution is 2.19. The number of hydrogen-bond donors (Lipinski definition) is 2. The van der Waals surface area contributed by atoms with E-state index in [0.29, 0.717) is 16.5 Å². The zero-order valence-corrected chi connectivity index (χ0v) is 10.6. The fraction of sp³-hybridized carbons (Fsp3) is 0.400. The van der Waals surface area contributed by atoms with E-state index in [1.165, 1.54) is 6.07 Å². The van der Waals surface area contributed by atoms with E-state index in [9.17, 15) is 9.59 Å². The van der Waals surface area contributed by atoms with Crippen LogP contribution in [-0.2, 0) is 4.79 Å². The zero-order valence-electron chi connectivity index (χ0n) is 8.42. The molecule has 15 heavy (non-hydrogen) atoms. The molecular weight excluding hydrogens is 307 g/mol. The van der Waals surface area contributed by atoms with Crippen molar-refractivity contribution in [2.75, 3.05) is 4.43 Å². The Bertz CT molecular complexity index is 414. The van der Waals surface area contributed by atoms with Crippen LogP contribution in [0.5, 0.6) is 0 Å². The van der Waals surface area contributed by atoms with Crippen LogP contribution in [-0.4, -0.2) is 15.2 Å². The molecule has 2 N–H and O–H groups in total. The molecule has 1 unspecified atom stereocenters. The molecule has 0 aromatic carbocycles. The summed E-state index contributed by atoms with van der Waals surface area (Å²) in [7, 11) is 0. The van der Waals surface area contributed by atoms with Gasteiger partial charge < -0.3 is 4.98 Å². The monoisotopic (exact) mass is 320 g/mol. The molecule has 1 atom stereocenters. The van der Waals surface area contributed by atoms with Gasteiger partial charge >= 0.3 is 0 Å². The van der Waals surface area contributed by atoms with Crippen LogP contribution < -0.4 is 5.56 Å². The van der Waals surface area contributed by atoms with Gasteiger partial charge in [0.1, 0.15) is 5.78 Å². The fourth-order valence-corrected chi connectivity index (χ4v) is 2.74. The van der Waals surface area contributed by atoms with E-state index in [4.69, 9.17) is 3.56 Å². The molecule has 1 aromatic rings. The van der Waals surface area contributed by atoms with E-state index in [-0.39, 0.29) is 17.3 Å². The van der Waals surface area contributed by atoms with Crippen LogP contribution in [0, 0.1) is 3.56 Å². The van der Waals surface area contributed by atoms with Gasteiger partial charge in [0.05, 0.1) is 5.92 Å². The van der Waals surface area contributed by atoms with E-state index in [2.05, 4.69) is 4.98 Å². The number of alkyl halides is 1. The Kier molecular flexibility index (Phi) is 4.80. The van der Waals surface area contributed by atoms with E-state index < -0.39 is 21.0 Å². The van der Waals surface area contributed by atoms with Crippen molar-refractivity contribution < 1.29 is 4.79 Å². The molecule has 0 spiro atoms. The molecular formula is C10H13IN2O2. The minimum Gasteiger partial charge on any atom is -0.325 e. The SMILES string of the molecule is CCC(=O)C(CI=N)c1cccc(=O)[nH]1. The highest BCUT2D eigenvalue weighted by Gasteiger charge is 2.18. The molecule has 0 radical (unpaired) electrons. The van der Waals surface area contributed by atoms with Gasteiger partial charge in [0.2, 0.25) is 5.56 Å².